The molecule has 0 unspecified atom stereocenters. The van der Waals surface area contributed by atoms with Crippen LogP contribution in [0, 0.1) is 5.82 Å². The second kappa shape index (κ2) is 5.10. The highest BCUT2D eigenvalue weighted by Gasteiger charge is 2.14. The van der Waals surface area contributed by atoms with E-state index in [0.717, 1.165) is 5.69 Å². The fourth-order valence-corrected chi connectivity index (χ4v) is 1.86. The standard InChI is InChI=1S/C15H14FNO2/c1-17(2)11-8-6-10(7-9-11)12-4-3-5-13(14(12)16)15(18)19/h3-9H,1-2H3,(H,18,19). The zero-order valence-electron chi connectivity index (χ0n) is 10.7. The number of aromatic carboxylic acids is 1. The van der Waals surface area contributed by atoms with E-state index in [0.29, 0.717) is 11.1 Å². The molecule has 0 saturated heterocycles. The van der Waals surface area contributed by atoms with Gasteiger partial charge in [-0.1, -0.05) is 24.3 Å². The minimum absolute atomic E-state index is 0.296. The van der Waals surface area contributed by atoms with Crippen molar-refractivity contribution in [2.24, 2.45) is 0 Å². The molecule has 0 aliphatic rings. The molecule has 0 spiro atoms. The summed E-state index contributed by atoms with van der Waals surface area (Å²) in [7, 11) is 3.83. The normalized spacial score (nSPS) is 10.3. The first kappa shape index (κ1) is 13.1. The van der Waals surface area contributed by atoms with Gasteiger partial charge >= 0.3 is 5.97 Å². The number of halogens is 1. The molecule has 0 fully saturated rings. The van der Waals surface area contributed by atoms with Crippen molar-refractivity contribution in [3.05, 3.63) is 53.8 Å². The number of anilines is 1. The zero-order valence-corrected chi connectivity index (χ0v) is 10.7. The van der Waals surface area contributed by atoms with Crippen molar-refractivity contribution in [2.75, 3.05) is 19.0 Å². The van der Waals surface area contributed by atoms with Gasteiger partial charge in [-0.25, -0.2) is 9.18 Å². The van der Waals surface area contributed by atoms with Gasteiger partial charge in [-0.3, -0.25) is 0 Å². The fourth-order valence-electron chi connectivity index (χ4n) is 1.86. The maximum Gasteiger partial charge on any atom is 0.338 e. The summed E-state index contributed by atoms with van der Waals surface area (Å²) in [4.78, 5) is 12.8. The van der Waals surface area contributed by atoms with Crippen molar-refractivity contribution in [1.82, 2.24) is 0 Å². The average molecular weight is 259 g/mol. The maximum absolute atomic E-state index is 14.1. The number of rotatable bonds is 3. The van der Waals surface area contributed by atoms with Crippen LogP contribution in [0.25, 0.3) is 11.1 Å². The van der Waals surface area contributed by atoms with Gasteiger partial charge in [-0.15, -0.1) is 0 Å². The molecule has 2 aromatic rings. The molecule has 0 aliphatic heterocycles. The van der Waals surface area contributed by atoms with E-state index in [1.54, 1.807) is 24.3 Å². The Morgan fingerprint density at radius 1 is 1.11 bits per heavy atom. The molecule has 0 atom stereocenters. The maximum atomic E-state index is 14.1. The van der Waals surface area contributed by atoms with Crippen LogP contribution in [0.3, 0.4) is 0 Å². The molecule has 2 rings (SSSR count). The third kappa shape index (κ3) is 2.57. The Labute approximate surface area is 110 Å². The smallest absolute Gasteiger partial charge is 0.338 e. The number of carbonyl (C=O) groups is 1. The van der Waals surface area contributed by atoms with Crippen LogP contribution in [0.15, 0.2) is 42.5 Å². The topological polar surface area (TPSA) is 40.5 Å². The van der Waals surface area contributed by atoms with Crippen molar-refractivity contribution in [3.8, 4) is 11.1 Å². The van der Waals surface area contributed by atoms with Gasteiger partial charge in [0.25, 0.3) is 0 Å². The second-order valence-electron chi connectivity index (χ2n) is 4.41. The predicted molar refractivity (Wildman–Crippen MR) is 73.1 cm³/mol. The van der Waals surface area contributed by atoms with Crippen LogP contribution in [0.4, 0.5) is 10.1 Å². The summed E-state index contributed by atoms with van der Waals surface area (Å²) in [5.74, 6) is -1.96. The largest absolute Gasteiger partial charge is 0.478 e. The van der Waals surface area contributed by atoms with E-state index in [2.05, 4.69) is 0 Å². The fraction of sp³-hybridized carbons (Fsp3) is 0.133. The summed E-state index contributed by atoms with van der Waals surface area (Å²) in [5, 5.41) is 8.91. The highest BCUT2D eigenvalue weighted by Crippen LogP contribution is 2.26. The molecule has 0 heterocycles. The van der Waals surface area contributed by atoms with Crippen LogP contribution >= 0.6 is 0 Å². The van der Waals surface area contributed by atoms with E-state index in [1.807, 2.05) is 31.1 Å². The summed E-state index contributed by atoms with van der Waals surface area (Å²) in [6.45, 7) is 0. The second-order valence-corrected chi connectivity index (χ2v) is 4.41. The van der Waals surface area contributed by atoms with Crippen molar-refractivity contribution in [3.63, 3.8) is 0 Å². The first-order valence-electron chi connectivity index (χ1n) is 5.80. The molecule has 0 radical (unpaired) electrons. The monoisotopic (exact) mass is 259 g/mol. The Morgan fingerprint density at radius 2 is 1.74 bits per heavy atom. The zero-order chi connectivity index (χ0) is 14.0. The van der Waals surface area contributed by atoms with Crippen molar-refractivity contribution < 1.29 is 14.3 Å². The minimum atomic E-state index is -1.26. The quantitative estimate of drug-likeness (QED) is 0.919. The molecule has 0 saturated carbocycles. The lowest BCUT2D eigenvalue weighted by Crippen LogP contribution is -2.08. The van der Waals surface area contributed by atoms with Gasteiger partial charge in [0.15, 0.2) is 0 Å². The summed E-state index contributed by atoms with van der Waals surface area (Å²) in [6.07, 6.45) is 0. The Bertz CT molecular complexity index is 606. The summed E-state index contributed by atoms with van der Waals surface area (Å²) in [6, 6.07) is 11.7. The predicted octanol–water partition coefficient (Wildman–Crippen LogP) is 3.26. The number of hydrogen-bond donors (Lipinski definition) is 1. The van der Waals surface area contributed by atoms with Gasteiger partial charge in [0.2, 0.25) is 0 Å². The lowest BCUT2D eigenvalue weighted by Gasteiger charge is -2.13. The molecular formula is C15H14FNO2. The Hall–Kier alpha value is -2.36. The van der Waals surface area contributed by atoms with E-state index in [1.165, 1.54) is 6.07 Å². The number of nitrogens with zero attached hydrogens (tertiary/aromatic N) is 1. The van der Waals surface area contributed by atoms with E-state index < -0.39 is 11.8 Å². The van der Waals surface area contributed by atoms with E-state index in [-0.39, 0.29) is 5.56 Å². The molecule has 1 N–H and O–H groups in total. The average Bonchev–Trinajstić information content (AvgIpc) is 2.38. The van der Waals surface area contributed by atoms with E-state index >= 15 is 0 Å². The van der Waals surface area contributed by atoms with Gasteiger partial charge < -0.3 is 10.0 Å². The minimum Gasteiger partial charge on any atom is -0.478 e. The molecule has 0 aliphatic carbocycles. The van der Waals surface area contributed by atoms with Crippen LogP contribution < -0.4 is 4.90 Å². The molecule has 0 bridgehead atoms. The SMILES string of the molecule is CN(C)c1ccc(-c2cccc(C(=O)O)c2F)cc1. The number of benzene rings is 2. The molecule has 0 aromatic heterocycles. The van der Waals surface area contributed by atoms with Crippen LogP contribution in [0.2, 0.25) is 0 Å². The summed E-state index contributed by atoms with van der Waals surface area (Å²) >= 11 is 0. The molecule has 0 amide bonds. The van der Waals surface area contributed by atoms with Gasteiger partial charge in [-0.2, -0.15) is 0 Å². The molecule has 19 heavy (non-hydrogen) atoms. The Morgan fingerprint density at radius 3 is 2.26 bits per heavy atom. The number of hydrogen-bond acceptors (Lipinski definition) is 2. The summed E-state index contributed by atoms with van der Waals surface area (Å²) < 4.78 is 14.1. The van der Waals surface area contributed by atoms with Crippen molar-refractivity contribution in [2.45, 2.75) is 0 Å². The van der Waals surface area contributed by atoms with Gasteiger partial charge in [-0.05, 0) is 23.8 Å². The van der Waals surface area contributed by atoms with Crippen LogP contribution in [-0.4, -0.2) is 25.2 Å². The highest BCUT2D eigenvalue weighted by atomic mass is 19.1. The summed E-state index contributed by atoms with van der Waals surface area (Å²) in [5.41, 5.74) is 1.64. The molecule has 4 heteroatoms. The van der Waals surface area contributed by atoms with Crippen LogP contribution in [0.1, 0.15) is 10.4 Å². The van der Waals surface area contributed by atoms with Crippen LogP contribution in [0.5, 0.6) is 0 Å². The Kier molecular flexibility index (Phi) is 3.51. The molecular weight excluding hydrogens is 245 g/mol. The first-order valence-corrected chi connectivity index (χ1v) is 5.80. The van der Waals surface area contributed by atoms with Gasteiger partial charge in [0, 0.05) is 25.3 Å². The highest BCUT2D eigenvalue weighted by molar-refractivity contribution is 5.90. The van der Waals surface area contributed by atoms with Crippen molar-refractivity contribution >= 4 is 11.7 Å². The van der Waals surface area contributed by atoms with Crippen molar-refractivity contribution in [1.29, 1.82) is 0 Å². The van der Waals surface area contributed by atoms with E-state index in [9.17, 15) is 9.18 Å². The van der Waals surface area contributed by atoms with Gasteiger partial charge in [0.1, 0.15) is 5.82 Å². The Balaban J connectivity index is 2.47. The molecule has 2 aromatic carbocycles. The molecule has 3 nitrogen and oxygen atoms in total. The first-order chi connectivity index (χ1) is 9.00. The molecule has 98 valence electrons. The van der Waals surface area contributed by atoms with Crippen LogP contribution in [-0.2, 0) is 0 Å². The third-order valence-electron chi connectivity index (χ3n) is 2.92. The number of carboxylic acids is 1. The van der Waals surface area contributed by atoms with E-state index in [4.69, 9.17) is 5.11 Å². The lowest BCUT2D eigenvalue weighted by atomic mass is 10.0. The van der Waals surface area contributed by atoms with Gasteiger partial charge in [0.05, 0.1) is 5.56 Å². The number of carboxylic acid groups (broad SMARTS) is 1. The third-order valence-corrected chi connectivity index (χ3v) is 2.92. The lowest BCUT2D eigenvalue weighted by molar-refractivity contribution is 0.0692.